The molecule has 0 aliphatic rings. The zero-order chi connectivity index (χ0) is 23.1. The number of hydrogen-bond acceptors (Lipinski definition) is 7. The molecule has 3 heterocycles. The van der Waals surface area contributed by atoms with Gasteiger partial charge < -0.3 is 9.40 Å². The smallest absolute Gasteiger partial charge is 0.277 e. The number of nitrogens with zero attached hydrogens (tertiary/aromatic N) is 3. The van der Waals surface area contributed by atoms with Crippen molar-refractivity contribution in [2.75, 3.05) is 0 Å². The Morgan fingerprint density at radius 1 is 0.970 bits per heavy atom. The molecule has 0 aliphatic carbocycles. The van der Waals surface area contributed by atoms with E-state index >= 15 is 0 Å². The fourth-order valence-corrected chi connectivity index (χ4v) is 5.39. The molecule has 33 heavy (non-hydrogen) atoms. The molecule has 0 bridgehead atoms. The Morgan fingerprint density at radius 2 is 1.73 bits per heavy atom. The lowest BCUT2D eigenvalue weighted by Crippen LogP contribution is -2.10. The Morgan fingerprint density at radius 3 is 2.48 bits per heavy atom. The number of fused-ring (bicyclic) bond motifs is 1. The first-order valence-electron chi connectivity index (χ1n) is 10.5. The minimum atomic E-state index is -0.128. The molecule has 0 saturated carbocycles. The van der Waals surface area contributed by atoms with Gasteiger partial charge in [-0.15, -0.1) is 21.5 Å². The van der Waals surface area contributed by atoms with Gasteiger partial charge in [0.05, 0.1) is 11.1 Å². The predicted octanol–water partition coefficient (Wildman–Crippen LogP) is 6.23. The van der Waals surface area contributed by atoms with Crippen molar-refractivity contribution in [3.8, 4) is 22.6 Å². The lowest BCUT2D eigenvalue weighted by Gasteiger charge is -2.03. The van der Waals surface area contributed by atoms with E-state index in [2.05, 4.69) is 60.2 Å². The molecule has 2 aromatic carbocycles. The number of aryl methyl sites for hydroxylation is 4. The second-order valence-corrected chi connectivity index (χ2v) is 10.2. The quantitative estimate of drug-likeness (QED) is 0.304. The minimum Gasteiger partial charge on any atom is -0.411 e. The molecule has 0 spiro atoms. The summed E-state index contributed by atoms with van der Waals surface area (Å²) in [6.45, 7) is 8.20. The molecule has 1 N–H and O–H groups in total. The first kappa shape index (κ1) is 21.6. The summed E-state index contributed by atoms with van der Waals surface area (Å²) < 4.78 is 5.82. The summed E-state index contributed by atoms with van der Waals surface area (Å²) in [4.78, 5) is 22.5. The van der Waals surface area contributed by atoms with Gasteiger partial charge in [-0.25, -0.2) is 4.98 Å². The third-order valence-electron chi connectivity index (χ3n) is 5.62. The second kappa shape index (κ2) is 8.61. The molecule has 0 radical (unpaired) electrons. The predicted molar refractivity (Wildman–Crippen MR) is 134 cm³/mol. The van der Waals surface area contributed by atoms with Crippen molar-refractivity contribution in [1.82, 2.24) is 20.2 Å². The van der Waals surface area contributed by atoms with Crippen LogP contribution in [0.1, 0.15) is 27.4 Å². The van der Waals surface area contributed by atoms with Crippen LogP contribution in [-0.4, -0.2) is 20.2 Å². The van der Waals surface area contributed by atoms with E-state index in [9.17, 15) is 4.79 Å². The Kier molecular flexibility index (Phi) is 5.64. The molecule has 166 valence electrons. The van der Waals surface area contributed by atoms with Crippen LogP contribution in [0.25, 0.3) is 32.8 Å². The lowest BCUT2D eigenvalue weighted by molar-refractivity contribution is 0.465. The molecule has 5 aromatic rings. The summed E-state index contributed by atoms with van der Waals surface area (Å²) in [5.74, 6) is 1.49. The summed E-state index contributed by atoms with van der Waals surface area (Å²) in [7, 11) is 0. The van der Waals surface area contributed by atoms with Gasteiger partial charge in [0.2, 0.25) is 5.89 Å². The van der Waals surface area contributed by atoms with Crippen LogP contribution in [0.5, 0.6) is 0 Å². The molecule has 5 rings (SSSR count). The van der Waals surface area contributed by atoms with Gasteiger partial charge in [-0.2, -0.15) is 0 Å². The molecule has 0 aliphatic heterocycles. The largest absolute Gasteiger partial charge is 0.411 e. The van der Waals surface area contributed by atoms with Crippen LogP contribution in [0.2, 0.25) is 0 Å². The van der Waals surface area contributed by atoms with Crippen LogP contribution in [0.4, 0.5) is 0 Å². The van der Waals surface area contributed by atoms with Crippen LogP contribution >= 0.6 is 23.1 Å². The van der Waals surface area contributed by atoms with Crippen molar-refractivity contribution in [2.45, 2.75) is 38.7 Å². The normalized spacial score (nSPS) is 11.4. The van der Waals surface area contributed by atoms with Gasteiger partial charge in [0.25, 0.3) is 10.8 Å². The van der Waals surface area contributed by atoms with Gasteiger partial charge in [0.1, 0.15) is 10.7 Å². The third kappa shape index (κ3) is 4.24. The van der Waals surface area contributed by atoms with Gasteiger partial charge in [0, 0.05) is 16.0 Å². The van der Waals surface area contributed by atoms with Crippen molar-refractivity contribution >= 4 is 33.3 Å². The number of nitrogens with one attached hydrogen (secondary N) is 1. The summed E-state index contributed by atoms with van der Waals surface area (Å²) in [6.07, 6.45) is 0. The van der Waals surface area contributed by atoms with Crippen LogP contribution in [0.3, 0.4) is 0 Å². The number of aromatic amines is 1. The van der Waals surface area contributed by atoms with E-state index < -0.39 is 0 Å². The molecule has 0 fully saturated rings. The topological polar surface area (TPSA) is 84.7 Å². The number of benzene rings is 2. The van der Waals surface area contributed by atoms with Crippen LogP contribution in [-0.2, 0) is 5.75 Å². The molecular weight excluding hydrogens is 452 g/mol. The fraction of sp³-hybridized carbons (Fsp3) is 0.200. The van der Waals surface area contributed by atoms with Crippen molar-refractivity contribution < 1.29 is 4.42 Å². The third-order valence-corrected chi connectivity index (χ3v) is 7.45. The molecule has 0 unspecified atom stereocenters. The summed E-state index contributed by atoms with van der Waals surface area (Å²) in [5, 5.41) is 9.38. The summed E-state index contributed by atoms with van der Waals surface area (Å²) in [6, 6.07) is 14.3. The highest BCUT2D eigenvalue weighted by Gasteiger charge is 2.17. The minimum absolute atomic E-state index is 0.128. The van der Waals surface area contributed by atoms with Crippen molar-refractivity contribution in [3.05, 3.63) is 80.2 Å². The number of aromatic nitrogens is 4. The fourth-order valence-electron chi connectivity index (χ4n) is 3.69. The standard InChI is InChI=1S/C25H22N4O2S2/c1-13-5-8-17(9-6-13)20-16(4)33-24-21(20)22(30)26-19(27-24)12-32-25-29-28-23(31-25)18-10-7-14(2)15(3)11-18/h5-11H,12H2,1-4H3,(H,26,27,30). The van der Waals surface area contributed by atoms with E-state index in [1.807, 2.05) is 25.1 Å². The first-order valence-corrected chi connectivity index (χ1v) is 12.3. The van der Waals surface area contributed by atoms with E-state index in [0.717, 1.165) is 26.4 Å². The molecule has 6 nitrogen and oxygen atoms in total. The lowest BCUT2D eigenvalue weighted by atomic mass is 10.0. The van der Waals surface area contributed by atoms with Crippen molar-refractivity contribution in [2.24, 2.45) is 0 Å². The zero-order valence-electron chi connectivity index (χ0n) is 18.7. The molecule has 3 aromatic heterocycles. The summed E-state index contributed by atoms with van der Waals surface area (Å²) >= 11 is 2.89. The van der Waals surface area contributed by atoms with Gasteiger partial charge >= 0.3 is 0 Å². The van der Waals surface area contributed by atoms with Gasteiger partial charge in [-0.05, 0) is 56.5 Å². The average molecular weight is 475 g/mol. The average Bonchev–Trinajstić information content (AvgIpc) is 3.39. The van der Waals surface area contributed by atoms with E-state index in [0.29, 0.717) is 28.1 Å². The number of thiophene rings is 1. The number of hydrogen-bond donors (Lipinski definition) is 1. The zero-order valence-corrected chi connectivity index (χ0v) is 20.4. The van der Waals surface area contributed by atoms with Crippen molar-refractivity contribution in [3.63, 3.8) is 0 Å². The van der Waals surface area contributed by atoms with Crippen molar-refractivity contribution in [1.29, 1.82) is 0 Å². The van der Waals surface area contributed by atoms with Crippen LogP contribution in [0, 0.1) is 27.7 Å². The van der Waals surface area contributed by atoms with E-state index in [4.69, 9.17) is 9.40 Å². The number of rotatable bonds is 5. The Labute approximate surface area is 199 Å². The first-order chi connectivity index (χ1) is 15.9. The molecule has 0 amide bonds. The van der Waals surface area contributed by atoms with E-state index in [1.54, 1.807) is 0 Å². The Balaban J connectivity index is 1.39. The molecule has 0 atom stereocenters. The van der Waals surface area contributed by atoms with Gasteiger partial charge in [0.15, 0.2) is 0 Å². The number of thioether (sulfide) groups is 1. The molecular formula is C25H22N4O2S2. The number of H-pyrrole nitrogens is 1. The van der Waals surface area contributed by atoms with Crippen LogP contribution in [0.15, 0.2) is 56.9 Å². The van der Waals surface area contributed by atoms with E-state index in [1.165, 1.54) is 39.8 Å². The molecule has 0 saturated heterocycles. The van der Waals surface area contributed by atoms with Gasteiger partial charge in [-0.3, -0.25) is 4.79 Å². The SMILES string of the molecule is Cc1ccc(-c2c(C)sc3nc(CSc4nnc(-c5ccc(C)c(C)c5)o4)[nH]c(=O)c23)cc1. The summed E-state index contributed by atoms with van der Waals surface area (Å²) in [5.41, 5.74) is 6.32. The highest BCUT2D eigenvalue weighted by Crippen LogP contribution is 2.36. The maximum Gasteiger partial charge on any atom is 0.277 e. The Bertz CT molecular complexity index is 1530. The second-order valence-electron chi connectivity index (χ2n) is 8.05. The van der Waals surface area contributed by atoms with Gasteiger partial charge in [-0.1, -0.05) is 47.7 Å². The monoisotopic (exact) mass is 474 g/mol. The van der Waals surface area contributed by atoms with Crippen LogP contribution < -0.4 is 5.56 Å². The Hall–Kier alpha value is -3.23. The highest BCUT2D eigenvalue weighted by atomic mass is 32.2. The maximum absolute atomic E-state index is 13.0. The highest BCUT2D eigenvalue weighted by molar-refractivity contribution is 7.98. The maximum atomic E-state index is 13.0. The molecule has 8 heteroatoms. The van der Waals surface area contributed by atoms with E-state index in [-0.39, 0.29) is 5.56 Å².